The Kier molecular flexibility index (Phi) is 2.52. The van der Waals surface area contributed by atoms with Gasteiger partial charge in [-0.05, 0) is 18.2 Å². The van der Waals surface area contributed by atoms with E-state index < -0.39 is 0 Å². The second-order valence-electron chi connectivity index (χ2n) is 3.31. The van der Waals surface area contributed by atoms with Crippen molar-refractivity contribution < 1.29 is 0 Å². The zero-order valence-corrected chi connectivity index (χ0v) is 8.55. The summed E-state index contributed by atoms with van der Waals surface area (Å²) in [6, 6.07) is 7.11. The van der Waals surface area contributed by atoms with E-state index in [9.17, 15) is 4.79 Å². The lowest BCUT2D eigenvalue weighted by Gasteiger charge is -2.06. The minimum Gasteiger partial charge on any atom is -0.302 e. The molecule has 0 saturated carbocycles. The molecule has 78 valence electrons. The first-order chi connectivity index (χ1) is 7.76. The largest absolute Gasteiger partial charge is 0.302 e. The second kappa shape index (κ2) is 3.99. The van der Waals surface area contributed by atoms with Crippen molar-refractivity contribution in [3.63, 3.8) is 0 Å². The fraction of sp³-hybridized carbons (Fsp3) is 0.0833. The summed E-state index contributed by atoms with van der Waals surface area (Å²) in [5.74, 6) is 0. The molecule has 16 heavy (non-hydrogen) atoms. The van der Waals surface area contributed by atoms with Crippen molar-refractivity contribution in [1.82, 2.24) is 9.55 Å². The van der Waals surface area contributed by atoms with E-state index in [0.717, 1.165) is 0 Å². The molecule has 0 amide bonds. The smallest absolute Gasteiger partial charge is 0.269 e. The van der Waals surface area contributed by atoms with Crippen molar-refractivity contribution >= 4 is 11.0 Å². The molecule has 0 N–H and O–H groups in total. The predicted molar refractivity (Wildman–Crippen MR) is 60.9 cm³/mol. The molecule has 0 aliphatic heterocycles. The van der Waals surface area contributed by atoms with E-state index in [4.69, 9.17) is 5.26 Å². The highest BCUT2D eigenvalue weighted by atomic mass is 16.1. The van der Waals surface area contributed by atoms with Gasteiger partial charge in [0.25, 0.3) is 5.56 Å². The van der Waals surface area contributed by atoms with Crippen LogP contribution in [0.1, 0.15) is 5.56 Å². The van der Waals surface area contributed by atoms with Gasteiger partial charge in [-0.25, -0.2) is 4.98 Å². The van der Waals surface area contributed by atoms with Crippen LogP contribution in [0.3, 0.4) is 0 Å². The van der Waals surface area contributed by atoms with E-state index in [2.05, 4.69) is 11.6 Å². The number of benzene rings is 1. The first-order valence-corrected chi connectivity index (χ1v) is 4.77. The number of hydrogen-bond donors (Lipinski definition) is 0. The average molecular weight is 211 g/mol. The summed E-state index contributed by atoms with van der Waals surface area (Å²) in [6.45, 7) is 4.01. The van der Waals surface area contributed by atoms with E-state index >= 15 is 0 Å². The molecule has 0 spiro atoms. The number of allylic oxidation sites excluding steroid dienone is 1. The molecule has 0 atom stereocenters. The molecule has 0 fully saturated rings. The Balaban J connectivity index is 2.84. The molecular formula is C12H9N3O. The molecule has 0 aliphatic rings. The number of rotatable bonds is 2. The van der Waals surface area contributed by atoms with Crippen LogP contribution in [0.2, 0.25) is 0 Å². The first kappa shape index (κ1) is 10.1. The minimum atomic E-state index is -0.192. The van der Waals surface area contributed by atoms with Crippen LogP contribution >= 0.6 is 0 Å². The first-order valence-electron chi connectivity index (χ1n) is 4.77. The normalized spacial score (nSPS) is 9.94. The molecule has 1 heterocycles. The van der Waals surface area contributed by atoms with E-state index in [1.807, 2.05) is 6.07 Å². The van der Waals surface area contributed by atoms with Crippen LogP contribution in [-0.4, -0.2) is 9.55 Å². The van der Waals surface area contributed by atoms with Gasteiger partial charge in [0.1, 0.15) is 0 Å². The van der Waals surface area contributed by atoms with Gasteiger partial charge in [0, 0.05) is 6.54 Å². The number of aromatic nitrogens is 2. The highest BCUT2D eigenvalue weighted by Crippen LogP contribution is 2.11. The summed E-state index contributed by atoms with van der Waals surface area (Å²) < 4.78 is 1.54. The molecule has 0 radical (unpaired) electrons. The van der Waals surface area contributed by atoms with E-state index in [1.54, 1.807) is 24.3 Å². The molecule has 0 aliphatic carbocycles. The van der Waals surface area contributed by atoms with Crippen molar-refractivity contribution in [1.29, 1.82) is 5.26 Å². The number of nitriles is 1. The summed E-state index contributed by atoms with van der Waals surface area (Å²) in [6.07, 6.45) is 2.91. The monoisotopic (exact) mass is 211 g/mol. The highest BCUT2D eigenvalue weighted by Gasteiger charge is 2.03. The fourth-order valence-electron chi connectivity index (χ4n) is 1.55. The van der Waals surface area contributed by atoms with Gasteiger partial charge >= 0.3 is 0 Å². The Morgan fingerprint density at radius 3 is 3.06 bits per heavy atom. The number of nitrogens with zero attached hydrogens (tertiary/aromatic N) is 3. The standard InChI is InChI=1S/C12H9N3O/c1-2-5-15-11-6-9(7-13)3-4-10(11)14-8-12(15)16/h2-4,6,8H,1,5H2. The SMILES string of the molecule is C=CCn1c(=O)cnc2ccc(C#N)cc21. The van der Waals surface area contributed by atoms with E-state index in [1.165, 1.54) is 10.8 Å². The lowest BCUT2D eigenvalue weighted by Crippen LogP contribution is -2.19. The third-order valence-corrected chi connectivity index (χ3v) is 2.29. The Hall–Kier alpha value is -2.41. The molecule has 4 heteroatoms. The van der Waals surface area contributed by atoms with Gasteiger partial charge in [0.05, 0.1) is 28.9 Å². The summed E-state index contributed by atoms with van der Waals surface area (Å²) in [4.78, 5) is 15.6. The molecule has 0 unspecified atom stereocenters. The van der Waals surface area contributed by atoms with Gasteiger partial charge < -0.3 is 4.57 Å². The molecule has 0 saturated heterocycles. The summed E-state index contributed by atoms with van der Waals surface area (Å²) in [7, 11) is 0. The second-order valence-corrected chi connectivity index (χ2v) is 3.31. The third kappa shape index (κ3) is 1.59. The van der Waals surface area contributed by atoms with Crippen molar-refractivity contribution in [2.75, 3.05) is 0 Å². The maximum atomic E-state index is 11.6. The molecule has 0 bridgehead atoms. The summed E-state index contributed by atoms with van der Waals surface area (Å²) >= 11 is 0. The maximum absolute atomic E-state index is 11.6. The van der Waals surface area contributed by atoms with Gasteiger partial charge in [0.15, 0.2) is 0 Å². The Morgan fingerprint density at radius 1 is 1.56 bits per heavy atom. The van der Waals surface area contributed by atoms with Gasteiger partial charge in [-0.3, -0.25) is 4.79 Å². The van der Waals surface area contributed by atoms with Crippen molar-refractivity contribution in [3.05, 3.63) is 53.0 Å². The Labute approximate surface area is 92.1 Å². The molecule has 2 rings (SSSR count). The Morgan fingerprint density at radius 2 is 2.38 bits per heavy atom. The molecule has 1 aromatic carbocycles. The zero-order chi connectivity index (χ0) is 11.5. The van der Waals surface area contributed by atoms with Crippen LogP contribution in [0.25, 0.3) is 11.0 Å². The van der Waals surface area contributed by atoms with E-state index in [0.29, 0.717) is 23.1 Å². The summed E-state index contributed by atoms with van der Waals surface area (Å²) in [5, 5.41) is 8.81. The van der Waals surface area contributed by atoms with Crippen LogP contribution in [0.15, 0.2) is 41.8 Å². The maximum Gasteiger partial charge on any atom is 0.269 e. The minimum absolute atomic E-state index is 0.192. The number of fused-ring (bicyclic) bond motifs is 1. The average Bonchev–Trinajstić information content (AvgIpc) is 2.32. The number of hydrogen-bond acceptors (Lipinski definition) is 3. The predicted octanol–water partition coefficient (Wildman–Crippen LogP) is 1.45. The van der Waals surface area contributed by atoms with Crippen LogP contribution in [0, 0.1) is 11.3 Å². The Bertz CT molecular complexity index is 649. The molecule has 4 nitrogen and oxygen atoms in total. The lowest BCUT2D eigenvalue weighted by atomic mass is 10.2. The van der Waals surface area contributed by atoms with Crippen LogP contribution in [-0.2, 0) is 6.54 Å². The highest BCUT2D eigenvalue weighted by molar-refractivity contribution is 5.76. The van der Waals surface area contributed by atoms with Gasteiger partial charge in [-0.1, -0.05) is 6.08 Å². The van der Waals surface area contributed by atoms with Crippen molar-refractivity contribution in [2.45, 2.75) is 6.54 Å². The van der Waals surface area contributed by atoms with Crippen molar-refractivity contribution in [3.8, 4) is 6.07 Å². The quantitative estimate of drug-likeness (QED) is 0.706. The van der Waals surface area contributed by atoms with Crippen molar-refractivity contribution in [2.24, 2.45) is 0 Å². The van der Waals surface area contributed by atoms with Crippen LogP contribution in [0.4, 0.5) is 0 Å². The van der Waals surface area contributed by atoms with E-state index in [-0.39, 0.29) is 5.56 Å². The molecular weight excluding hydrogens is 202 g/mol. The van der Waals surface area contributed by atoms with Crippen LogP contribution in [0.5, 0.6) is 0 Å². The van der Waals surface area contributed by atoms with Gasteiger partial charge in [-0.2, -0.15) is 5.26 Å². The van der Waals surface area contributed by atoms with Gasteiger partial charge in [-0.15, -0.1) is 6.58 Å². The lowest BCUT2D eigenvalue weighted by molar-refractivity contribution is 0.809. The van der Waals surface area contributed by atoms with Gasteiger partial charge in [0.2, 0.25) is 0 Å². The molecule has 1 aromatic heterocycles. The summed E-state index contributed by atoms with van der Waals surface area (Å²) in [5.41, 5.74) is 1.67. The topological polar surface area (TPSA) is 58.7 Å². The fourth-order valence-corrected chi connectivity index (χ4v) is 1.55. The molecule has 2 aromatic rings. The zero-order valence-electron chi connectivity index (χ0n) is 8.55. The van der Waals surface area contributed by atoms with Crippen LogP contribution < -0.4 is 5.56 Å². The third-order valence-electron chi connectivity index (χ3n) is 2.29.